The summed E-state index contributed by atoms with van der Waals surface area (Å²) in [7, 11) is 3.24. The number of nitrogen functional groups attached to an aromatic ring is 1. The van der Waals surface area contributed by atoms with Gasteiger partial charge in [0.25, 0.3) is 5.91 Å². The van der Waals surface area contributed by atoms with Crippen LogP contribution >= 0.6 is 0 Å². The third kappa shape index (κ3) is 11.7. The number of ether oxygens (including phenoxy) is 2. The molecule has 0 aromatic heterocycles. The van der Waals surface area contributed by atoms with Gasteiger partial charge >= 0.3 is 12.1 Å². The summed E-state index contributed by atoms with van der Waals surface area (Å²) in [5, 5.41) is 11.1. The van der Waals surface area contributed by atoms with Crippen LogP contribution in [0.3, 0.4) is 0 Å². The average molecular weight is 768 g/mol. The Morgan fingerprint density at radius 3 is 2.04 bits per heavy atom. The largest absolute Gasteiger partial charge is 0.496 e. The van der Waals surface area contributed by atoms with E-state index in [-0.39, 0.29) is 31.4 Å². The van der Waals surface area contributed by atoms with Crippen LogP contribution in [-0.2, 0) is 17.8 Å². The smallest absolute Gasteiger partial charge is 0.389 e. The maximum atomic E-state index is 14.3. The fourth-order valence-electron chi connectivity index (χ4n) is 6.04. The zero-order valence-corrected chi connectivity index (χ0v) is 30.2. The van der Waals surface area contributed by atoms with Crippen LogP contribution in [0.4, 0.5) is 36.4 Å². The van der Waals surface area contributed by atoms with Crippen molar-refractivity contribution in [3.8, 4) is 22.6 Å². The van der Waals surface area contributed by atoms with E-state index in [0.29, 0.717) is 37.6 Å². The molecule has 0 saturated carbocycles. The van der Waals surface area contributed by atoms with Gasteiger partial charge in [0.05, 0.1) is 19.8 Å². The Labute approximate surface area is 308 Å². The van der Waals surface area contributed by atoms with Crippen LogP contribution in [0.2, 0.25) is 0 Å². The lowest BCUT2D eigenvalue weighted by Crippen LogP contribution is -2.42. The summed E-state index contributed by atoms with van der Waals surface area (Å²) in [5.74, 6) is -2.73. The molecule has 0 radical (unpaired) electrons. The highest BCUT2D eigenvalue weighted by Crippen LogP contribution is 2.44. The summed E-state index contributed by atoms with van der Waals surface area (Å²) in [4.78, 5) is 23.7. The van der Waals surface area contributed by atoms with Gasteiger partial charge in [-0.25, -0.2) is 17.6 Å². The maximum Gasteiger partial charge on any atom is 0.389 e. The Balaban J connectivity index is 0.000000338. The van der Waals surface area contributed by atoms with Crippen molar-refractivity contribution in [1.82, 2.24) is 4.90 Å². The average Bonchev–Trinajstić information content (AvgIpc) is 3.10. The molecule has 4 aromatic rings. The number of nitrogens with zero attached hydrogens (tertiary/aromatic N) is 1. The van der Waals surface area contributed by atoms with Crippen LogP contribution in [0.25, 0.3) is 21.9 Å². The molecular formula is C39H44F7N3O5. The number of piperidine rings is 1. The number of hydrogen-bond acceptors (Lipinski definition) is 6. The number of halogens is 7. The minimum absolute atomic E-state index is 0.0594. The number of rotatable bonds is 11. The molecule has 5 N–H and O–H groups in total. The number of carboxylic acid groups (broad SMARTS) is 1. The van der Waals surface area contributed by atoms with Crippen LogP contribution in [-0.4, -0.2) is 67.7 Å². The predicted octanol–water partition coefficient (Wildman–Crippen LogP) is 8.81. The topological polar surface area (TPSA) is 128 Å². The Hall–Kier alpha value is -5.05. The van der Waals surface area contributed by atoms with Crippen LogP contribution in [0.15, 0.2) is 60.7 Å². The van der Waals surface area contributed by atoms with E-state index in [2.05, 4.69) is 4.90 Å². The molecule has 1 aliphatic heterocycles. The molecule has 1 heterocycles. The van der Waals surface area contributed by atoms with Crippen LogP contribution < -0.4 is 20.9 Å². The molecule has 294 valence electrons. The molecule has 0 aliphatic carbocycles. The minimum Gasteiger partial charge on any atom is -0.496 e. The van der Waals surface area contributed by atoms with E-state index in [9.17, 15) is 40.3 Å². The second-order valence-corrected chi connectivity index (χ2v) is 12.7. The first kappa shape index (κ1) is 43.4. The summed E-state index contributed by atoms with van der Waals surface area (Å²) < 4.78 is 97.7. The molecule has 54 heavy (non-hydrogen) atoms. The number of aliphatic carboxylic acids is 1. The Kier molecular flexibility index (Phi) is 15.5. The number of carbonyl (C=O) groups excluding carboxylic acids is 1. The Morgan fingerprint density at radius 1 is 0.926 bits per heavy atom. The van der Waals surface area contributed by atoms with Crippen molar-refractivity contribution in [2.24, 2.45) is 5.73 Å². The third-order valence-corrected chi connectivity index (χ3v) is 8.74. The van der Waals surface area contributed by atoms with Gasteiger partial charge in [0.15, 0.2) is 0 Å². The lowest BCUT2D eigenvalue weighted by atomic mass is 9.91. The number of primary amides is 1. The molecule has 1 saturated heterocycles. The fraction of sp³-hybridized carbons (Fsp3) is 0.385. The number of alkyl halides is 5. The molecule has 15 heteroatoms. The summed E-state index contributed by atoms with van der Waals surface area (Å²) in [5.41, 5.74) is 10.9. The predicted molar refractivity (Wildman–Crippen MR) is 193 cm³/mol. The maximum absolute atomic E-state index is 14.3. The first-order valence-corrected chi connectivity index (χ1v) is 17.0. The van der Waals surface area contributed by atoms with Gasteiger partial charge in [0, 0.05) is 43.7 Å². The van der Waals surface area contributed by atoms with E-state index in [1.54, 1.807) is 14.2 Å². The normalized spacial score (nSPS) is 14.0. The number of methoxy groups -OCH3 is 2. The second-order valence-electron chi connectivity index (χ2n) is 12.7. The number of nitrogens with two attached hydrogens (primary N) is 2. The van der Waals surface area contributed by atoms with Crippen LogP contribution in [0.5, 0.6) is 11.5 Å². The molecule has 5 rings (SSSR count). The van der Waals surface area contributed by atoms with Crippen molar-refractivity contribution < 1.29 is 54.9 Å². The number of anilines is 1. The van der Waals surface area contributed by atoms with Gasteiger partial charge in [-0.3, -0.25) is 14.5 Å². The molecule has 0 unspecified atom stereocenters. The Morgan fingerprint density at radius 2 is 1.54 bits per heavy atom. The standard InChI is InChI=1S/C28H31F2NO4.C7H6F2N2O.C4H7F3/c1-34-24-11-9-20(17-31-15-13-28(30,18-29)14-16-31)27(35-2)26(24)23-8-4-6-21-19(10-12-25(32)33)5-3-7-22(21)23;8-4-1-3(10)2-5(9)6(4)7(11)12;1-2-3-4(5,6)7/h3-9,11H,10,12-18H2,1-2H3,(H,32,33);1-2H,10H2,(H2,11,12);2-3H2,1H3. The van der Waals surface area contributed by atoms with Gasteiger partial charge in [-0.15, -0.1) is 0 Å². The zero-order chi connectivity index (χ0) is 40.2. The highest BCUT2D eigenvalue weighted by molar-refractivity contribution is 6.01. The number of fused-ring (bicyclic) bond motifs is 1. The van der Waals surface area contributed by atoms with E-state index in [1.165, 1.54) is 6.92 Å². The zero-order valence-electron chi connectivity index (χ0n) is 30.2. The van der Waals surface area contributed by atoms with Crippen molar-refractivity contribution in [2.75, 3.05) is 39.7 Å². The summed E-state index contributed by atoms with van der Waals surface area (Å²) in [6, 6.07) is 17.4. The molecule has 0 atom stereocenters. The Bertz CT molecular complexity index is 1870. The molecule has 8 nitrogen and oxygen atoms in total. The molecular weight excluding hydrogens is 723 g/mol. The van der Waals surface area contributed by atoms with Gasteiger partial charge in [-0.1, -0.05) is 49.4 Å². The van der Waals surface area contributed by atoms with Gasteiger partial charge in [0.1, 0.15) is 41.0 Å². The summed E-state index contributed by atoms with van der Waals surface area (Å²) in [6.45, 7) is 2.08. The van der Waals surface area contributed by atoms with Crippen LogP contribution in [0, 0.1) is 11.6 Å². The quantitative estimate of drug-likeness (QED) is 0.103. The summed E-state index contributed by atoms with van der Waals surface area (Å²) in [6.07, 6.45) is -3.57. The van der Waals surface area contributed by atoms with Gasteiger partial charge < -0.3 is 26.0 Å². The van der Waals surface area contributed by atoms with Gasteiger partial charge in [0.2, 0.25) is 0 Å². The first-order chi connectivity index (χ1) is 25.5. The number of amides is 1. The molecule has 0 spiro atoms. The molecule has 1 fully saturated rings. The first-order valence-electron chi connectivity index (χ1n) is 17.0. The third-order valence-electron chi connectivity index (χ3n) is 8.74. The highest BCUT2D eigenvalue weighted by atomic mass is 19.4. The SMILES string of the molecule is CCCC(F)(F)F.COc1ccc(CN2CCC(F)(CF)CC2)c(OC)c1-c1cccc2c(CCC(=O)O)cccc12.NC(=O)c1c(F)cc(N)cc1F. The van der Waals surface area contributed by atoms with Crippen LogP contribution in [0.1, 0.15) is 60.5 Å². The number of aryl methyl sites for hydroxylation is 1. The lowest BCUT2D eigenvalue weighted by Gasteiger charge is -2.35. The summed E-state index contributed by atoms with van der Waals surface area (Å²) >= 11 is 0. The van der Waals surface area contributed by atoms with E-state index in [1.807, 2.05) is 48.5 Å². The molecule has 4 aromatic carbocycles. The van der Waals surface area contributed by atoms with E-state index in [0.717, 1.165) is 45.2 Å². The number of carbonyl (C=O) groups is 2. The number of hydrogen-bond donors (Lipinski definition) is 3. The monoisotopic (exact) mass is 767 g/mol. The van der Waals surface area contributed by atoms with E-state index >= 15 is 0 Å². The highest BCUT2D eigenvalue weighted by Gasteiger charge is 2.35. The second kappa shape index (κ2) is 19.3. The van der Waals surface area contributed by atoms with E-state index in [4.69, 9.17) is 26.0 Å². The number of benzene rings is 4. The lowest BCUT2D eigenvalue weighted by molar-refractivity contribution is -0.137. The number of likely N-dealkylation sites (tertiary alicyclic amines) is 1. The molecule has 1 aliphatic rings. The number of carboxylic acids is 1. The van der Waals surface area contributed by atoms with E-state index < -0.39 is 54.0 Å². The van der Waals surface area contributed by atoms with Crippen molar-refractivity contribution in [3.63, 3.8) is 0 Å². The van der Waals surface area contributed by atoms with Gasteiger partial charge in [-0.05, 0) is 65.8 Å². The molecule has 1 amide bonds. The minimum atomic E-state index is -3.95. The fourth-order valence-corrected chi connectivity index (χ4v) is 6.04. The molecule has 0 bridgehead atoms. The van der Waals surface area contributed by atoms with Crippen molar-refractivity contribution >= 4 is 28.3 Å². The van der Waals surface area contributed by atoms with Gasteiger partial charge in [-0.2, -0.15) is 13.2 Å². The van der Waals surface area contributed by atoms with Crippen molar-refractivity contribution in [1.29, 1.82) is 0 Å². The van der Waals surface area contributed by atoms with Crippen molar-refractivity contribution in [3.05, 3.63) is 89.0 Å². The van der Waals surface area contributed by atoms with Crippen molar-refractivity contribution in [2.45, 2.75) is 63.8 Å².